The average Bonchev–Trinajstić information content (AvgIpc) is 3.06. The first-order valence-corrected chi connectivity index (χ1v) is 7.57. The van der Waals surface area contributed by atoms with Crippen molar-refractivity contribution in [2.24, 2.45) is 7.05 Å². The van der Waals surface area contributed by atoms with Crippen molar-refractivity contribution in [1.29, 1.82) is 0 Å². The maximum Gasteiger partial charge on any atom is 0.271 e. The number of thioether (sulfide) groups is 1. The van der Waals surface area contributed by atoms with Gasteiger partial charge < -0.3 is 4.52 Å². The highest BCUT2D eigenvalue weighted by Crippen LogP contribution is 2.20. The van der Waals surface area contributed by atoms with Crippen LogP contribution >= 0.6 is 23.1 Å². The molecule has 0 saturated carbocycles. The van der Waals surface area contributed by atoms with Crippen molar-refractivity contribution in [3.63, 3.8) is 0 Å². The van der Waals surface area contributed by atoms with Crippen molar-refractivity contribution in [2.45, 2.75) is 11.6 Å². The van der Waals surface area contributed by atoms with Crippen molar-refractivity contribution in [3.8, 4) is 0 Å². The van der Waals surface area contributed by atoms with E-state index in [2.05, 4.69) is 10.1 Å². The Morgan fingerprint density at radius 1 is 1.53 bits per heavy atom. The zero-order valence-corrected chi connectivity index (χ0v) is 11.8. The fourth-order valence-electron chi connectivity index (χ4n) is 1.71. The lowest BCUT2D eigenvalue weighted by Gasteiger charge is -2.06. The Morgan fingerprint density at radius 3 is 3.21 bits per heavy atom. The summed E-state index contributed by atoms with van der Waals surface area (Å²) in [7, 11) is 1.76. The summed E-state index contributed by atoms with van der Waals surface area (Å²) in [5.74, 6) is 0.830. The Bertz CT molecular complexity index is 746. The topological polar surface area (TPSA) is 60.9 Å². The van der Waals surface area contributed by atoms with Crippen LogP contribution in [0.3, 0.4) is 0 Å². The molecule has 0 aliphatic heterocycles. The molecule has 0 aliphatic carbocycles. The minimum atomic E-state index is 0.0208. The molecule has 0 unspecified atom stereocenters. The first kappa shape index (κ1) is 12.4. The van der Waals surface area contributed by atoms with Crippen LogP contribution in [0.5, 0.6) is 0 Å². The van der Waals surface area contributed by atoms with Gasteiger partial charge >= 0.3 is 0 Å². The number of nitrogens with zero attached hydrogens (tertiary/aromatic N) is 3. The summed E-state index contributed by atoms with van der Waals surface area (Å²) in [5, 5.41) is 6.30. The number of thiophene rings is 1. The molecule has 0 atom stereocenters. The molecule has 19 heavy (non-hydrogen) atoms. The Morgan fingerprint density at radius 2 is 2.42 bits per heavy atom. The molecule has 5 nitrogen and oxygen atoms in total. The number of hydrogen-bond donors (Lipinski definition) is 0. The summed E-state index contributed by atoms with van der Waals surface area (Å²) in [6.07, 6.45) is 4.18. The van der Waals surface area contributed by atoms with E-state index in [-0.39, 0.29) is 5.56 Å². The molecule has 0 aromatic carbocycles. The summed E-state index contributed by atoms with van der Waals surface area (Å²) >= 11 is 3.00. The third-order valence-corrected chi connectivity index (χ3v) is 4.67. The molecule has 0 spiro atoms. The minimum Gasteiger partial charge on any atom is -0.364 e. The highest BCUT2D eigenvalue weighted by atomic mass is 32.2. The van der Waals surface area contributed by atoms with E-state index in [4.69, 9.17) is 4.52 Å². The zero-order valence-electron chi connectivity index (χ0n) is 10.2. The minimum absolute atomic E-state index is 0.0208. The normalized spacial score (nSPS) is 11.2. The van der Waals surface area contributed by atoms with E-state index in [9.17, 15) is 4.79 Å². The number of aryl methyl sites for hydroxylation is 1. The van der Waals surface area contributed by atoms with E-state index in [1.165, 1.54) is 11.3 Å². The molecule has 3 heterocycles. The third kappa shape index (κ3) is 2.43. The molecule has 0 N–H and O–H groups in total. The molecular weight excluding hydrogens is 282 g/mol. The molecule has 0 bridgehead atoms. The van der Waals surface area contributed by atoms with Crippen LogP contribution in [0.25, 0.3) is 10.2 Å². The molecule has 98 valence electrons. The lowest BCUT2D eigenvalue weighted by atomic mass is 10.3. The monoisotopic (exact) mass is 293 g/mol. The number of aromatic nitrogens is 3. The summed E-state index contributed by atoms with van der Waals surface area (Å²) in [4.78, 5) is 16.6. The Balaban J connectivity index is 1.80. The smallest absolute Gasteiger partial charge is 0.271 e. The highest BCUT2D eigenvalue weighted by molar-refractivity contribution is 7.99. The van der Waals surface area contributed by atoms with Crippen molar-refractivity contribution in [3.05, 3.63) is 39.8 Å². The van der Waals surface area contributed by atoms with Crippen molar-refractivity contribution in [1.82, 2.24) is 14.7 Å². The van der Waals surface area contributed by atoms with Gasteiger partial charge in [0.1, 0.15) is 11.0 Å². The highest BCUT2D eigenvalue weighted by Gasteiger charge is 2.09. The molecule has 3 rings (SSSR count). The van der Waals surface area contributed by atoms with Gasteiger partial charge in [0.25, 0.3) is 5.56 Å². The standard InChI is InChI=1S/C12H11N3O2S2/c1-15-11(16)10-9(3-5-18-10)14-12(15)19-4-2-8-6-13-17-7-8/h3,5-7H,2,4H2,1H3. The Labute approximate surface area is 117 Å². The average molecular weight is 293 g/mol. The van der Waals surface area contributed by atoms with Gasteiger partial charge in [-0.25, -0.2) is 4.98 Å². The Kier molecular flexibility index (Phi) is 3.39. The van der Waals surface area contributed by atoms with Gasteiger partial charge in [0.15, 0.2) is 5.16 Å². The summed E-state index contributed by atoms with van der Waals surface area (Å²) in [5.41, 5.74) is 1.85. The molecular formula is C12H11N3O2S2. The van der Waals surface area contributed by atoms with Crippen LogP contribution in [0.4, 0.5) is 0 Å². The number of hydrogen-bond acceptors (Lipinski definition) is 6. The van der Waals surface area contributed by atoms with Crippen LogP contribution in [0.1, 0.15) is 5.56 Å². The maximum atomic E-state index is 12.1. The predicted molar refractivity (Wildman–Crippen MR) is 75.8 cm³/mol. The van der Waals surface area contributed by atoms with Gasteiger partial charge in [-0.2, -0.15) is 0 Å². The molecule has 3 aromatic heterocycles. The summed E-state index contributed by atoms with van der Waals surface area (Å²) in [6, 6.07) is 1.88. The largest absolute Gasteiger partial charge is 0.364 e. The Hall–Kier alpha value is -1.60. The van der Waals surface area contributed by atoms with Crippen LogP contribution in [0.2, 0.25) is 0 Å². The van der Waals surface area contributed by atoms with E-state index in [1.54, 1.807) is 35.8 Å². The molecule has 0 saturated heterocycles. The summed E-state index contributed by atoms with van der Waals surface area (Å²) in [6.45, 7) is 0. The van der Waals surface area contributed by atoms with Crippen LogP contribution in [-0.4, -0.2) is 20.5 Å². The lowest BCUT2D eigenvalue weighted by molar-refractivity contribution is 0.419. The molecule has 0 fully saturated rings. The van der Waals surface area contributed by atoms with Gasteiger partial charge in [-0.05, 0) is 17.9 Å². The fraction of sp³-hybridized carbons (Fsp3) is 0.250. The lowest BCUT2D eigenvalue weighted by Crippen LogP contribution is -2.19. The summed E-state index contributed by atoms with van der Waals surface area (Å²) < 4.78 is 7.10. The van der Waals surface area contributed by atoms with Crippen molar-refractivity contribution < 1.29 is 4.52 Å². The van der Waals surface area contributed by atoms with Gasteiger partial charge in [-0.15, -0.1) is 11.3 Å². The second-order valence-corrected chi connectivity index (χ2v) is 6.00. The predicted octanol–water partition coefficient (Wildman–Crippen LogP) is 2.32. The van der Waals surface area contributed by atoms with Gasteiger partial charge in [-0.1, -0.05) is 16.9 Å². The van der Waals surface area contributed by atoms with Gasteiger partial charge in [0.05, 0.1) is 11.7 Å². The van der Waals surface area contributed by atoms with E-state index in [0.29, 0.717) is 4.70 Å². The van der Waals surface area contributed by atoms with Crippen LogP contribution < -0.4 is 5.56 Å². The first-order chi connectivity index (χ1) is 9.25. The first-order valence-electron chi connectivity index (χ1n) is 5.71. The molecule has 3 aromatic rings. The van der Waals surface area contributed by atoms with Crippen molar-refractivity contribution >= 4 is 33.3 Å². The second kappa shape index (κ2) is 5.18. The zero-order chi connectivity index (χ0) is 13.2. The van der Waals surface area contributed by atoms with Gasteiger partial charge in [0.2, 0.25) is 0 Å². The maximum absolute atomic E-state index is 12.1. The van der Waals surface area contributed by atoms with E-state index < -0.39 is 0 Å². The molecule has 0 aliphatic rings. The molecule has 0 radical (unpaired) electrons. The van der Waals surface area contributed by atoms with Gasteiger partial charge in [0, 0.05) is 18.4 Å². The SMILES string of the molecule is Cn1c(SCCc2cnoc2)nc2ccsc2c1=O. The van der Waals surface area contributed by atoms with Crippen LogP contribution in [-0.2, 0) is 13.5 Å². The van der Waals surface area contributed by atoms with Crippen LogP contribution in [0.15, 0.2) is 38.4 Å². The number of rotatable bonds is 4. The van der Waals surface area contributed by atoms with Crippen molar-refractivity contribution in [2.75, 3.05) is 5.75 Å². The molecule has 0 amide bonds. The fourth-order valence-corrected chi connectivity index (χ4v) is 3.47. The van der Waals surface area contributed by atoms with E-state index >= 15 is 0 Å². The third-order valence-electron chi connectivity index (χ3n) is 2.75. The van der Waals surface area contributed by atoms with E-state index in [0.717, 1.165) is 28.4 Å². The quantitative estimate of drug-likeness (QED) is 0.546. The van der Waals surface area contributed by atoms with Gasteiger partial charge in [-0.3, -0.25) is 9.36 Å². The van der Waals surface area contributed by atoms with E-state index in [1.807, 2.05) is 11.4 Å². The second-order valence-electron chi connectivity index (χ2n) is 4.02. The molecule has 7 heteroatoms. The number of fused-ring (bicyclic) bond motifs is 1. The van der Waals surface area contributed by atoms with Crippen LogP contribution in [0, 0.1) is 0 Å².